The van der Waals surface area contributed by atoms with Crippen LogP contribution in [0.25, 0.3) is 10.9 Å². The number of hydrogen-bond donors (Lipinski definition) is 2. The smallest absolute Gasteiger partial charge is 0.274 e. The van der Waals surface area contributed by atoms with E-state index in [0.29, 0.717) is 11.2 Å². The summed E-state index contributed by atoms with van der Waals surface area (Å²) >= 11 is 0. The van der Waals surface area contributed by atoms with Crippen molar-refractivity contribution in [3.8, 4) is 0 Å². The second-order valence-electron chi connectivity index (χ2n) is 6.85. The molecule has 5 nitrogen and oxygen atoms in total. The van der Waals surface area contributed by atoms with Gasteiger partial charge in [-0.05, 0) is 30.0 Å². The Morgan fingerprint density at radius 2 is 2.00 bits per heavy atom. The van der Waals surface area contributed by atoms with Crippen LogP contribution in [0.3, 0.4) is 0 Å². The Morgan fingerprint density at radius 1 is 1.28 bits per heavy atom. The Balaban J connectivity index is 1.83. The molecule has 25 heavy (non-hydrogen) atoms. The van der Waals surface area contributed by atoms with Gasteiger partial charge in [0.25, 0.3) is 11.5 Å². The number of aryl methyl sites for hydroxylation is 1. The lowest BCUT2D eigenvalue weighted by Crippen LogP contribution is -2.25. The maximum atomic E-state index is 12.5. The molecule has 128 valence electrons. The van der Waals surface area contributed by atoms with Crippen LogP contribution < -0.4 is 10.9 Å². The summed E-state index contributed by atoms with van der Waals surface area (Å²) in [7, 11) is 1.74. The van der Waals surface area contributed by atoms with E-state index < -0.39 is 0 Å². The third-order valence-corrected chi connectivity index (χ3v) is 4.92. The van der Waals surface area contributed by atoms with E-state index in [1.807, 2.05) is 30.5 Å². The van der Waals surface area contributed by atoms with Crippen LogP contribution >= 0.6 is 0 Å². The van der Waals surface area contributed by atoms with Crippen molar-refractivity contribution in [2.75, 3.05) is 0 Å². The maximum absolute atomic E-state index is 12.5. The Kier molecular flexibility index (Phi) is 3.71. The van der Waals surface area contributed by atoms with Crippen LogP contribution in [0.1, 0.15) is 47.3 Å². The van der Waals surface area contributed by atoms with Gasteiger partial charge in [0.05, 0.1) is 0 Å². The Bertz CT molecular complexity index is 997. The molecule has 2 aromatic heterocycles. The number of carbonyl (C=O) groups excluding carboxylic acids is 1. The van der Waals surface area contributed by atoms with Gasteiger partial charge in [0.15, 0.2) is 0 Å². The minimum absolute atomic E-state index is 0.116. The van der Waals surface area contributed by atoms with Crippen molar-refractivity contribution in [2.45, 2.75) is 31.7 Å². The zero-order valence-corrected chi connectivity index (χ0v) is 14.4. The monoisotopic (exact) mass is 335 g/mol. The summed E-state index contributed by atoms with van der Waals surface area (Å²) in [4.78, 5) is 27.9. The number of aromatic nitrogens is 2. The van der Waals surface area contributed by atoms with Gasteiger partial charge in [-0.3, -0.25) is 9.59 Å². The molecule has 1 saturated carbocycles. The summed E-state index contributed by atoms with van der Waals surface area (Å²) in [5.74, 6) is -0.0234. The molecule has 1 amide bonds. The van der Waals surface area contributed by atoms with E-state index in [1.165, 1.54) is 5.56 Å². The van der Waals surface area contributed by atoms with Crippen molar-refractivity contribution >= 4 is 16.8 Å². The highest BCUT2D eigenvalue weighted by Crippen LogP contribution is 2.29. The quantitative estimate of drug-likeness (QED) is 0.770. The van der Waals surface area contributed by atoms with Gasteiger partial charge < -0.3 is 14.9 Å². The number of benzene rings is 1. The summed E-state index contributed by atoms with van der Waals surface area (Å²) < 4.78 is 1.58. The molecule has 1 atom stereocenters. The van der Waals surface area contributed by atoms with Crippen LogP contribution in [-0.2, 0) is 7.05 Å². The molecular formula is C20H21N3O2. The molecule has 0 saturated heterocycles. The number of amides is 1. The van der Waals surface area contributed by atoms with Gasteiger partial charge >= 0.3 is 0 Å². The van der Waals surface area contributed by atoms with Crippen LogP contribution in [0.4, 0.5) is 0 Å². The van der Waals surface area contributed by atoms with Crippen molar-refractivity contribution < 1.29 is 4.79 Å². The third kappa shape index (κ3) is 2.86. The highest BCUT2D eigenvalue weighted by atomic mass is 16.2. The number of nitrogens with zero attached hydrogens (tertiary/aromatic N) is 1. The first kappa shape index (κ1) is 15.7. The van der Waals surface area contributed by atoms with Gasteiger partial charge in [-0.15, -0.1) is 0 Å². The molecule has 0 bridgehead atoms. The topological polar surface area (TPSA) is 66.9 Å². The molecule has 3 aromatic rings. The highest BCUT2D eigenvalue weighted by Gasteiger charge is 2.25. The number of pyridine rings is 1. The van der Waals surface area contributed by atoms with E-state index in [0.717, 1.165) is 23.8 Å². The molecule has 1 aliphatic carbocycles. The van der Waals surface area contributed by atoms with E-state index in [4.69, 9.17) is 0 Å². The van der Waals surface area contributed by atoms with Crippen LogP contribution in [-0.4, -0.2) is 21.5 Å². The third-order valence-electron chi connectivity index (χ3n) is 4.92. The molecule has 1 unspecified atom stereocenters. The van der Waals surface area contributed by atoms with Gasteiger partial charge in [0, 0.05) is 30.6 Å². The van der Waals surface area contributed by atoms with Gasteiger partial charge in [0.1, 0.15) is 11.2 Å². The van der Waals surface area contributed by atoms with E-state index in [-0.39, 0.29) is 23.4 Å². The van der Waals surface area contributed by atoms with E-state index in [9.17, 15) is 9.59 Å². The lowest BCUT2D eigenvalue weighted by Gasteiger charge is -2.15. The molecule has 1 aliphatic rings. The summed E-state index contributed by atoms with van der Waals surface area (Å²) in [5.41, 5.74) is 3.03. The first-order valence-corrected chi connectivity index (χ1v) is 8.62. The molecule has 2 heterocycles. The van der Waals surface area contributed by atoms with Crippen LogP contribution in [0, 0.1) is 0 Å². The number of rotatable bonds is 4. The molecule has 5 heteroatoms. The average Bonchev–Trinajstić information content (AvgIpc) is 3.32. The summed E-state index contributed by atoms with van der Waals surface area (Å²) in [6.07, 6.45) is 3.94. The SMILES string of the molecule is CC(c1ccccc1)c1cn(C)c(=O)c2[nH]c(C(=O)NC3CC3)cc12. The predicted molar refractivity (Wildman–Crippen MR) is 98.0 cm³/mol. The van der Waals surface area contributed by atoms with Crippen LogP contribution in [0.2, 0.25) is 0 Å². The maximum Gasteiger partial charge on any atom is 0.274 e. The fourth-order valence-electron chi connectivity index (χ4n) is 3.24. The fraction of sp³-hybridized carbons (Fsp3) is 0.300. The number of nitrogens with one attached hydrogen (secondary N) is 2. The van der Waals surface area contributed by atoms with Crippen LogP contribution in [0.15, 0.2) is 47.4 Å². The molecule has 0 spiro atoms. The van der Waals surface area contributed by atoms with Gasteiger partial charge in [-0.25, -0.2) is 0 Å². The predicted octanol–water partition coefficient (Wildman–Crippen LogP) is 2.91. The number of fused-ring (bicyclic) bond motifs is 1. The standard InChI is InChI=1S/C20H21N3O2/c1-12(13-6-4-3-5-7-13)16-11-23(2)20(25)18-15(16)10-17(22-18)19(24)21-14-8-9-14/h3-7,10-12,14,22H,8-9H2,1-2H3,(H,21,24). The Labute approximate surface area is 145 Å². The largest absolute Gasteiger partial charge is 0.348 e. The normalized spacial score (nSPS) is 15.3. The zero-order valence-electron chi connectivity index (χ0n) is 14.4. The Morgan fingerprint density at radius 3 is 2.68 bits per heavy atom. The van der Waals surface area contributed by atoms with Crippen molar-refractivity contribution in [1.82, 2.24) is 14.9 Å². The number of carbonyl (C=O) groups is 1. The fourth-order valence-corrected chi connectivity index (χ4v) is 3.24. The summed E-state index contributed by atoms with van der Waals surface area (Å²) in [5, 5.41) is 3.79. The van der Waals surface area contributed by atoms with E-state index in [2.05, 4.69) is 29.4 Å². The molecule has 2 N–H and O–H groups in total. The second-order valence-corrected chi connectivity index (χ2v) is 6.85. The molecule has 1 aromatic carbocycles. The molecule has 0 radical (unpaired) electrons. The summed E-state index contributed by atoms with van der Waals surface area (Å²) in [6.45, 7) is 2.12. The minimum atomic E-state index is -0.140. The molecule has 1 fully saturated rings. The summed E-state index contributed by atoms with van der Waals surface area (Å²) in [6, 6.07) is 12.3. The second kappa shape index (κ2) is 5.92. The molecule has 0 aliphatic heterocycles. The Hall–Kier alpha value is -2.82. The molecule has 4 rings (SSSR count). The lowest BCUT2D eigenvalue weighted by atomic mass is 9.92. The number of H-pyrrole nitrogens is 1. The van der Waals surface area contributed by atoms with E-state index >= 15 is 0 Å². The van der Waals surface area contributed by atoms with Crippen molar-refractivity contribution in [2.24, 2.45) is 7.05 Å². The molecular weight excluding hydrogens is 314 g/mol. The highest BCUT2D eigenvalue weighted by molar-refractivity contribution is 5.99. The van der Waals surface area contributed by atoms with E-state index in [1.54, 1.807) is 11.6 Å². The number of hydrogen-bond acceptors (Lipinski definition) is 2. The van der Waals surface area contributed by atoms with Crippen molar-refractivity contribution in [3.05, 3.63) is 69.8 Å². The van der Waals surface area contributed by atoms with Gasteiger partial charge in [0.2, 0.25) is 0 Å². The number of aromatic amines is 1. The van der Waals surface area contributed by atoms with Gasteiger partial charge in [-0.2, -0.15) is 0 Å². The first-order valence-electron chi connectivity index (χ1n) is 8.62. The average molecular weight is 335 g/mol. The first-order chi connectivity index (χ1) is 12.0. The van der Waals surface area contributed by atoms with Crippen LogP contribution in [0.5, 0.6) is 0 Å². The lowest BCUT2D eigenvalue weighted by molar-refractivity contribution is 0.0947. The minimum Gasteiger partial charge on any atom is -0.348 e. The van der Waals surface area contributed by atoms with Gasteiger partial charge in [-0.1, -0.05) is 37.3 Å². The van der Waals surface area contributed by atoms with Crippen molar-refractivity contribution in [1.29, 1.82) is 0 Å². The van der Waals surface area contributed by atoms with Crippen molar-refractivity contribution in [3.63, 3.8) is 0 Å². The zero-order chi connectivity index (χ0) is 17.6.